The first-order valence-corrected chi connectivity index (χ1v) is 11.4. The number of thioether (sulfide) groups is 1. The number of carbonyl (C=O) groups is 3. The van der Waals surface area contributed by atoms with Crippen molar-refractivity contribution in [3.63, 3.8) is 0 Å². The first-order valence-electron chi connectivity index (χ1n) is 9.16. The number of hydrogen-bond acceptors (Lipinski definition) is 6. The van der Waals surface area contributed by atoms with Gasteiger partial charge < -0.3 is 15.2 Å². The highest BCUT2D eigenvalue weighted by Gasteiger charge is 2.35. The van der Waals surface area contributed by atoms with Crippen molar-refractivity contribution in [3.8, 4) is 11.5 Å². The predicted octanol–water partition coefficient (Wildman–Crippen LogP) is 4.44. The van der Waals surface area contributed by atoms with Gasteiger partial charge in [0.15, 0.2) is 11.5 Å². The minimum absolute atomic E-state index is 0.203. The summed E-state index contributed by atoms with van der Waals surface area (Å²) in [6.07, 6.45) is 1.58. The van der Waals surface area contributed by atoms with Crippen LogP contribution in [0.2, 0.25) is 5.02 Å². The maximum Gasteiger partial charge on any atom is 0.294 e. The van der Waals surface area contributed by atoms with Gasteiger partial charge in [0.2, 0.25) is 5.91 Å². The Balaban J connectivity index is 1.87. The van der Waals surface area contributed by atoms with Gasteiger partial charge in [-0.1, -0.05) is 29.8 Å². The number of carbonyl (C=O) groups excluding carboxylic acids is 3. The molecule has 3 amide bonds. The van der Waals surface area contributed by atoms with Crippen molar-refractivity contribution in [2.75, 3.05) is 13.2 Å². The van der Waals surface area contributed by atoms with Crippen molar-refractivity contribution in [2.45, 2.75) is 13.5 Å². The molecule has 0 spiro atoms. The van der Waals surface area contributed by atoms with Crippen LogP contribution >= 0.6 is 46.0 Å². The molecule has 0 unspecified atom stereocenters. The molecule has 162 valence electrons. The van der Waals surface area contributed by atoms with Crippen molar-refractivity contribution in [1.82, 2.24) is 4.90 Å². The van der Waals surface area contributed by atoms with Gasteiger partial charge in [-0.3, -0.25) is 19.3 Å². The Labute approximate surface area is 202 Å². The zero-order valence-electron chi connectivity index (χ0n) is 16.4. The maximum atomic E-state index is 12.4. The number of benzene rings is 2. The lowest BCUT2D eigenvalue weighted by molar-refractivity contribution is -0.127. The van der Waals surface area contributed by atoms with E-state index in [9.17, 15) is 14.4 Å². The highest BCUT2D eigenvalue weighted by molar-refractivity contribution is 14.1. The summed E-state index contributed by atoms with van der Waals surface area (Å²) >= 11 is 9.08. The van der Waals surface area contributed by atoms with Gasteiger partial charge in [-0.15, -0.1) is 0 Å². The Bertz CT molecular complexity index is 1080. The zero-order chi connectivity index (χ0) is 22.5. The molecule has 1 heterocycles. The Morgan fingerprint density at radius 2 is 2.00 bits per heavy atom. The second-order valence-electron chi connectivity index (χ2n) is 6.38. The monoisotopic (exact) mass is 572 g/mol. The van der Waals surface area contributed by atoms with Crippen molar-refractivity contribution in [1.29, 1.82) is 0 Å². The normalized spacial score (nSPS) is 14.9. The summed E-state index contributed by atoms with van der Waals surface area (Å²) < 4.78 is 12.5. The molecule has 1 fully saturated rings. The van der Waals surface area contributed by atoms with Gasteiger partial charge >= 0.3 is 0 Å². The van der Waals surface area contributed by atoms with E-state index in [2.05, 4.69) is 22.6 Å². The van der Waals surface area contributed by atoms with Crippen molar-refractivity contribution >= 4 is 69.1 Å². The third-order valence-electron chi connectivity index (χ3n) is 4.15. The van der Waals surface area contributed by atoms with Crippen LogP contribution in [0.25, 0.3) is 6.08 Å². The summed E-state index contributed by atoms with van der Waals surface area (Å²) in [6.45, 7) is 2.09. The molecular weight excluding hydrogens is 555 g/mol. The smallest absolute Gasteiger partial charge is 0.294 e. The second kappa shape index (κ2) is 10.4. The van der Waals surface area contributed by atoms with E-state index in [0.717, 1.165) is 25.8 Å². The van der Waals surface area contributed by atoms with Crippen LogP contribution in [0.15, 0.2) is 41.3 Å². The van der Waals surface area contributed by atoms with E-state index < -0.39 is 23.6 Å². The molecule has 2 N–H and O–H groups in total. The molecule has 1 aliphatic rings. The van der Waals surface area contributed by atoms with Gasteiger partial charge in [-0.2, -0.15) is 0 Å². The predicted molar refractivity (Wildman–Crippen MR) is 128 cm³/mol. The topological polar surface area (TPSA) is 98.9 Å². The number of nitrogens with zero attached hydrogens (tertiary/aromatic N) is 1. The summed E-state index contributed by atoms with van der Waals surface area (Å²) in [5, 5.41) is 0.0771. The number of primary amides is 1. The van der Waals surface area contributed by atoms with Crippen LogP contribution in [0.4, 0.5) is 4.79 Å². The molecule has 10 heteroatoms. The highest BCUT2D eigenvalue weighted by atomic mass is 127. The van der Waals surface area contributed by atoms with Crippen molar-refractivity contribution in [2.24, 2.45) is 5.73 Å². The van der Waals surface area contributed by atoms with Crippen LogP contribution < -0.4 is 15.2 Å². The fourth-order valence-electron chi connectivity index (χ4n) is 2.78. The molecule has 2 aromatic carbocycles. The molecule has 1 aliphatic heterocycles. The van der Waals surface area contributed by atoms with Gasteiger partial charge in [0, 0.05) is 10.6 Å². The fraction of sp³-hybridized carbons (Fsp3) is 0.190. The van der Waals surface area contributed by atoms with E-state index in [0.29, 0.717) is 28.7 Å². The van der Waals surface area contributed by atoms with Crippen LogP contribution in [-0.4, -0.2) is 35.1 Å². The van der Waals surface area contributed by atoms with Crippen LogP contribution in [0, 0.1) is 3.57 Å². The zero-order valence-corrected chi connectivity index (χ0v) is 20.1. The molecule has 2 aromatic rings. The second-order valence-corrected chi connectivity index (χ2v) is 8.94. The molecule has 0 radical (unpaired) electrons. The number of hydrogen-bond donors (Lipinski definition) is 1. The van der Waals surface area contributed by atoms with Gasteiger partial charge in [-0.25, -0.2) is 0 Å². The van der Waals surface area contributed by atoms with Gasteiger partial charge in [0.1, 0.15) is 13.2 Å². The minimum atomic E-state index is -0.753. The maximum absolute atomic E-state index is 12.4. The van der Waals surface area contributed by atoms with Gasteiger partial charge in [0.05, 0.1) is 15.1 Å². The van der Waals surface area contributed by atoms with Crippen LogP contribution in [0.3, 0.4) is 0 Å². The Kier molecular flexibility index (Phi) is 7.84. The largest absolute Gasteiger partial charge is 0.490 e. The van der Waals surface area contributed by atoms with Crippen LogP contribution in [0.1, 0.15) is 18.1 Å². The molecule has 3 rings (SSSR count). The summed E-state index contributed by atoms with van der Waals surface area (Å²) in [7, 11) is 0. The van der Waals surface area contributed by atoms with E-state index in [-0.39, 0.29) is 11.5 Å². The molecular formula is C21H18ClIN2O5S. The number of halogens is 2. The lowest BCUT2D eigenvalue weighted by Crippen LogP contribution is -2.36. The lowest BCUT2D eigenvalue weighted by atomic mass is 10.1. The summed E-state index contributed by atoms with van der Waals surface area (Å²) in [6, 6.07) is 11.0. The minimum Gasteiger partial charge on any atom is -0.490 e. The quantitative estimate of drug-likeness (QED) is 0.371. The van der Waals surface area contributed by atoms with E-state index in [1.807, 2.05) is 31.2 Å². The Hall–Kier alpha value is -2.24. The first kappa shape index (κ1) is 23.4. The molecule has 0 atom stereocenters. The average Bonchev–Trinajstić information content (AvgIpc) is 2.96. The number of rotatable bonds is 8. The summed E-state index contributed by atoms with van der Waals surface area (Å²) in [4.78, 5) is 36.6. The number of amides is 3. The first-order chi connectivity index (χ1) is 14.8. The Morgan fingerprint density at radius 3 is 2.68 bits per heavy atom. The van der Waals surface area contributed by atoms with Crippen LogP contribution in [-0.2, 0) is 16.2 Å². The standard InChI is InChI=1S/C21H18ClIN2O5S/c1-2-29-16-8-12(9-17-20(27)25(10-18(24)26)21(28)31-17)7-15(23)19(16)30-11-13-5-3-4-6-14(13)22/h3-9H,2,10-11H2,1H3,(H2,24,26)/b17-9-. The molecule has 1 saturated heterocycles. The molecule has 7 nitrogen and oxygen atoms in total. The fourth-order valence-corrected chi connectivity index (χ4v) is 4.59. The van der Waals surface area contributed by atoms with Gasteiger partial charge in [-0.05, 0) is 71.1 Å². The average molecular weight is 573 g/mol. The SMILES string of the molecule is CCOc1cc(/C=C2\SC(=O)N(CC(N)=O)C2=O)cc(I)c1OCc1ccccc1Cl. The van der Waals surface area contributed by atoms with Gasteiger partial charge in [0.25, 0.3) is 11.1 Å². The van der Waals surface area contributed by atoms with Crippen LogP contribution in [0.5, 0.6) is 11.5 Å². The van der Waals surface area contributed by atoms with E-state index in [1.54, 1.807) is 18.2 Å². The molecule has 31 heavy (non-hydrogen) atoms. The highest BCUT2D eigenvalue weighted by Crippen LogP contribution is 2.38. The Morgan fingerprint density at radius 1 is 1.26 bits per heavy atom. The van der Waals surface area contributed by atoms with Crippen molar-refractivity contribution in [3.05, 3.63) is 61.0 Å². The molecule has 0 saturated carbocycles. The third-order valence-corrected chi connectivity index (χ3v) is 6.22. The molecule has 0 bridgehead atoms. The summed E-state index contributed by atoms with van der Waals surface area (Å²) in [5.41, 5.74) is 6.61. The van der Waals surface area contributed by atoms with E-state index in [1.165, 1.54) is 0 Å². The van der Waals surface area contributed by atoms with Crippen molar-refractivity contribution < 1.29 is 23.9 Å². The lowest BCUT2D eigenvalue weighted by Gasteiger charge is -2.15. The van der Waals surface area contributed by atoms with E-state index in [4.69, 9.17) is 26.8 Å². The van der Waals surface area contributed by atoms with E-state index >= 15 is 0 Å². The number of ether oxygens (including phenoxy) is 2. The third kappa shape index (κ3) is 5.72. The molecule has 0 aliphatic carbocycles. The number of nitrogens with two attached hydrogens (primary N) is 1. The summed E-state index contributed by atoms with van der Waals surface area (Å²) in [5.74, 6) is -0.247. The molecule has 0 aromatic heterocycles. The number of imide groups is 1.